The number of amides is 1. The van der Waals surface area contributed by atoms with Crippen molar-refractivity contribution in [1.82, 2.24) is 10.2 Å². The predicted octanol–water partition coefficient (Wildman–Crippen LogP) is 0.800. The van der Waals surface area contributed by atoms with Crippen LogP contribution in [0.25, 0.3) is 0 Å². The fourth-order valence-corrected chi connectivity index (χ4v) is 3.63. The molecule has 1 aliphatic heterocycles. The number of nitrogens with zero attached hydrogens (tertiary/aromatic N) is 1. The van der Waals surface area contributed by atoms with E-state index in [-0.39, 0.29) is 29.5 Å². The zero-order valence-corrected chi connectivity index (χ0v) is 13.0. The molecule has 0 saturated carbocycles. The number of likely N-dealkylation sites (N-methyl/N-ethyl adjacent to an activating group) is 1. The Hall–Kier alpha value is -0.620. The van der Waals surface area contributed by atoms with Gasteiger partial charge in [-0.2, -0.15) is 0 Å². The van der Waals surface area contributed by atoms with E-state index in [4.69, 9.17) is 0 Å². The maximum atomic E-state index is 12.2. The van der Waals surface area contributed by atoms with E-state index in [1.54, 1.807) is 13.8 Å². The molecule has 0 unspecified atom stereocenters. The van der Waals surface area contributed by atoms with Crippen LogP contribution in [0.3, 0.4) is 0 Å². The van der Waals surface area contributed by atoms with E-state index in [9.17, 15) is 13.2 Å². The second-order valence-corrected chi connectivity index (χ2v) is 7.65. The van der Waals surface area contributed by atoms with Gasteiger partial charge in [0, 0.05) is 11.8 Å². The lowest BCUT2D eigenvalue weighted by atomic mass is 10.0. The minimum Gasteiger partial charge on any atom is -0.351 e. The molecule has 0 aromatic rings. The Morgan fingerprint density at radius 3 is 2.63 bits per heavy atom. The Kier molecular flexibility index (Phi) is 6.26. The third kappa shape index (κ3) is 5.10. The smallest absolute Gasteiger partial charge is 0.237 e. The summed E-state index contributed by atoms with van der Waals surface area (Å²) in [5, 5.41) is 2.84. The second kappa shape index (κ2) is 7.24. The molecule has 0 aromatic carbocycles. The fourth-order valence-electron chi connectivity index (χ4n) is 2.55. The molecule has 19 heavy (non-hydrogen) atoms. The molecule has 1 heterocycles. The van der Waals surface area contributed by atoms with Crippen LogP contribution in [0, 0.1) is 0 Å². The summed E-state index contributed by atoms with van der Waals surface area (Å²) in [5.74, 6) is 0.117. The topological polar surface area (TPSA) is 66.5 Å². The molecule has 112 valence electrons. The molecule has 0 aliphatic carbocycles. The maximum Gasteiger partial charge on any atom is 0.237 e. The molecule has 6 heteroatoms. The number of carbonyl (C=O) groups is 1. The van der Waals surface area contributed by atoms with Gasteiger partial charge in [-0.15, -0.1) is 0 Å². The van der Waals surface area contributed by atoms with Crippen LogP contribution in [-0.2, 0) is 14.6 Å². The Balaban J connectivity index is 2.53. The SMILES string of the molecule is CCN1CCCC[C@H]1C(=O)N[C@H](C)CS(=O)(=O)CC. The summed E-state index contributed by atoms with van der Waals surface area (Å²) in [5.41, 5.74) is 0. The highest BCUT2D eigenvalue weighted by molar-refractivity contribution is 7.91. The van der Waals surface area contributed by atoms with E-state index in [1.165, 1.54) is 0 Å². The maximum absolute atomic E-state index is 12.2. The van der Waals surface area contributed by atoms with Crippen molar-refractivity contribution < 1.29 is 13.2 Å². The highest BCUT2D eigenvalue weighted by atomic mass is 32.2. The van der Waals surface area contributed by atoms with Crippen LogP contribution in [0.5, 0.6) is 0 Å². The molecule has 0 aromatic heterocycles. The summed E-state index contributed by atoms with van der Waals surface area (Å²) in [6.45, 7) is 7.25. The van der Waals surface area contributed by atoms with Crippen LogP contribution >= 0.6 is 0 Å². The van der Waals surface area contributed by atoms with Crippen molar-refractivity contribution in [2.75, 3.05) is 24.6 Å². The normalized spacial score (nSPS) is 23.0. The summed E-state index contributed by atoms with van der Waals surface area (Å²) in [4.78, 5) is 14.4. The first-order chi connectivity index (χ1) is 8.89. The molecule has 1 rings (SSSR count). The van der Waals surface area contributed by atoms with Crippen molar-refractivity contribution in [3.8, 4) is 0 Å². The van der Waals surface area contributed by atoms with E-state index in [1.807, 2.05) is 0 Å². The first-order valence-corrected chi connectivity index (χ1v) is 8.96. The molecule has 1 N–H and O–H groups in total. The lowest BCUT2D eigenvalue weighted by molar-refractivity contribution is -0.128. The van der Waals surface area contributed by atoms with Gasteiger partial charge in [-0.05, 0) is 32.9 Å². The van der Waals surface area contributed by atoms with Gasteiger partial charge in [0.05, 0.1) is 11.8 Å². The minimum atomic E-state index is -3.04. The highest BCUT2D eigenvalue weighted by Crippen LogP contribution is 2.16. The number of carbonyl (C=O) groups excluding carboxylic acids is 1. The van der Waals surface area contributed by atoms with Gasteiger partial charge >= 0.3 is 0 Å². The Bertz CT molecular complexity index is 395. The standard InChI is InChI=1S/C13H26N2O3S/c1-4-15-9-7-6-8-12(15)13(16)14-11(3)10-19(17,18)5-2/h11-12H,4-10H2,1-3H3,(H,14,16)/t11-,12+/m1/s1. The fraction of sp³-hybridized carbons (Fsp3) is 0.923. The summed E-state index contributed by atoms with van der Waals surface area (Å²) in [7, 11) is -3.04. The summed E-state index contributed by atoms with van der Waals surface area (Å²) in [6.07, 6.45) is 3.07. The molecule has 0 bridgehead atoms. The van der Waals surface area contributed by atoms with E-state index >= 15 is 0 Å². The molecule has 1 fully saturated rings. The van der Waals surface area contributed by atoms with E-state index in [0.29, 0.717) is 0 Å². The lowest BCUT2D eigenvalue weighted by Gasteiger charge is -2.34. The Morgan fingerprint density at radius 2 is 2.05 bits per heavy atom. The number of likely N-dealkylation sites (tertiary alicyclic amines) is 1. The van der Waals surface area contributed by atoms with Crippen LogP contribution in [0.4, 0.5) is 0 Å². The zero-order valence-electron chi connectivity index (χ0n) is 12.2. The molecule has 1 saturated heterocycles. The predicted molar refractivity (Wildman–Crippen MR) is 76.8 cm³/mol. The summed E-state index contributed by atoms with van der Waals surface area (Å²) < 4.78 is 23.1. The first-order valence-electron chi connectivity index (χ1n) is 7.14. The molecule has 5 nitrogen and oxygen atoms in total. The van der Waals surface area contributed by atoms with Crippen LogP contribution in [0.2, 0.25) is 0 Å². The Labute approximate surface area is 116 Å². The molecular formula is C13H26N2O3S. The van der Waals surface area contributed by atoms with Crippen LogP contribution in [0.1, 0.15) is 40.0 Å². The largest absolute Gasteiger partial charge is 0.351 e. The minimum absolute atomic E-state index is 0.0219. The molecule has 1 aliphatic rings. The van der Waals surface area contributed by atoms with Gasteiger partial charge in [-0.1, -0.05) is 20.3 Å². The van der Waals surface area contributed by atoms with E-state index < -0.39 is 9.84 Å². The van der Waals surface area contributed by atoms with Gasteiger partial charge in [0.2, 0.25) is 5.91 Å². The van der Waals surface area contributed by atoms with Gasteiger partial charge in [-0.25, -0.2) is 8.42 Å². The Morgan fingerprint density at radius 1 is 1.37 bits per heavy atom. The van der Waals surface area contributed by atoms with E-state index in [2.05, 4.69) is 17.1 Å². The highest BCUT2D eigenvalue weighted by Gasteiger charge is 2.28. The molecule has 1 amide bonds. The number of sulfone groups is 1. The number of hydrogen-bond acceptors (Lipinski definition) is 4. The number of nitrogens with one attached hydrogen (secondary N) is 1. The monoisotopic (exact) mass is 290 g/mol. The summed E-state index contributed by atoms with van der Waals surface area (Å²) in [6, 6.07) is -0.413. The van der Waals surface area contributed by atoms with Crippen molar-refractivity contribution in [1.29, 1.82) is 0 Å². The van der Waals surface area contributed by atoms with Gasteiger partial charge in [0.25, 0.3) is 0 Å². The molecule has 0 spiro atoms. The number of piperidine rings is 1. The van der Waals surface area contributed by atoms with Crippen molar-refractivity contribution in [3.63, 3.8) is 0 Å². The van der Waals surface area contributed by atoms with Crippen LogP contribution in [-0.4, -0.2) is 55.9 Å². The van der Waals surface area contributed by atoms with Crippen LogP contribution < -0.4 is 5.32 Å². The van der Waals surface area contributed by atoms with Crippen molar-refractivity contribution in [2.24, 2.45) is 0 Å². The molecule has 0 radical (unpaired) electrons. The van der Waals surface area contributed by atoms with Crippen molar-refractivity contribution in [3.05, 3.63) is 0 Å². The van der Waals surface area contributed by atoms with Gasteiger partial charge in [0.1, 0.15) is 0 Å². The molecular weight excluding hydrogens is 264 g/mol. The average Bonchev–Trinajstić information content (AvgIpc) is 2.37. The van der Waals surface area contributed by atoms with Crippen molar-refractivity contribution in [2.45, 2.75) is 52.1 Å². The third-order valence-electron chi connectivity index (χ3n) is 3.65. The number of rotatable bonds is 6. The zero-order chi connectivity index (χ0) is 14.5. The quantitative estimate of drug-likeness (QED) is 0.786. The van der Waals surface area contributed by atoms with Gasteiger partial charge in [0.15, 0.2) is 9.84 Å². The van der Waals surface area contributed by atoms with Crippen LogP contribution in [0.15, 0.2) is 0 Å². The second-order valence-electron chi connectivity index (χ2n) is 5.25. The van der Waals surface area contributed by atoms with Gasteiger partial charge < -0.3 is 5.32 Å². The third-order valence-corrected chi connectivity index (χ3v) is 5.54. The van der Waals surface area contributed by atoms with E-state index in [0.717, 1.165) is 32.4 Å². The average molecular weight is 290 g/mol. The lowest BCUT2D eigenvalue weighted by Crippen LogP contribution is -2.52. The van der Waals surface area contributed by atoms with Gasteiger partial charge in [-0.3, -0.25) is 9.69 Å². The van der Waals surface area contributed by atoms with Crippen molar-refractivity contribution >= 4 is 15.7 Å². The molecule has 2 atom stereocenters. The first kappa shape index (κ1) is 16.4. The number of hydrogen-bond donors (Lipinski definition) is 1. The summed E-state index contributed by atoms with van der Waals surface area (Å²) >= 11 is 0.